The number of hydrogen-bond acceptors (Lipinski definition) is 5. The number of hydrogen-bond donors (Lipinski definition) is 0. The first kappa shape index (κ1) is 18.7. The Bertz CT molecular complexity index is 900. The monoisotopic (exact) mass is 387 g/mol. The number of benzene rings is 2. The van der Waals surface area contributed by atoms with Crippen molar-refractivity contribution < 1.29 is 14.3 Å². The van der Waals surface area contributed by atoms with Crippen LogP contribution in [-0.4, -0.2) is 35.9 Å². The molecule has 0 saturated carbocycles. The Morgan fingerprint density at radius 3 is 2.58 bits per heavy atom. The molecule has 0 N–H and O–H groups in total. The second-order valence-corrected chi connectivity index (χ2v) is 8.13. The molecule has 1 saturated heterocycles. The fourth-order valence-corrected chi connectivity index (χ4v) is 4.17. The number of thiocarbonyl (C=S) groups is 1. The minimum atomic E-state index is -0.0457. The van der Waals surface area contributed by atoms with Crippen LogP contribution in [0.15, 0.2) is 35.2 Å². The minimum absolute atomic E-state index is 0.0457. The van der Waals surface area contributed by atoms with Crippen molar-refractivity contribution in [3.8, 4) is 11.5 Å². The normalized spacial score (nSPS) is 16.2. The molecular formula is C20H21NO3S2. The van der Waals surface area contributed by atoms with E-state index in [1.54, 1.807) is 19.1 Å². The van der Waals surface area contributed by atoms with Crippen LogP contribution in [0.1, 0.15) is 19.4 Å². The molecular weight excluding hydrogens is 366 g/mol. The van der Waals surface area contributed by atoms with Crippen molar-refractivity contribution in [2.24, 2.45) is 5.92 Å². The lowest BCUT2D eigenvalue weighted by Gasteiger charge is -2.16. The summed E-state index contributed by atoms with van der Waals surface area (Å²) in [5.41, 5.74) is 0.856. The highest BCUT2D eigenvalue weighted by Crippen LogP contribution is 2.38. The van der Waals surface area contributed by atoms with Crippen molar-refractivity contribution in [2.75, 3.05) is 20.8 Å². The highest BCUT2D eigenvalue weighted by molar-refractivity contribution is 8.26. The van der Waals surface area contributed by atoms with E-state index in [0.29, 0.717) is 27.4 Å². The second-order valence-electron chi connectivity index (χ2n) is 6.45. The third kappa shape index (κ3) is 3.57. The summed E-state index contributed by atoms with van der Waals surface area (Å²) >= 11 is 6.74. The highest BCUT2D eigenvalue weighted by atomic mass is 32.2. The number of ether oxygens (including phenoxy) is 2. The van der Waals surface area contributed by atoms with Crippen LogP contribution in [0.5, 0.6) is 11.5 Å². The summed E-state index contributed by atoms with van der Waals surface area (Å²) in [5.74, 6) is 1.77. The predicted molar refractivity (Wildman–Crippen MR) is 112 cm³/mol. The molecule has 2 aromatic carbocycles. The zero-order valence-corrected chi connectivity index (χ0v) is 16.9. The molecule has 2 aromatic rings. The maximum atomic E-state index is 12.8. The summed E-state index contributed by atoms with van der Waals surface area (Å²) in [5, 5.41) is 2.02. The molecule has 6 heteroatoms. The second kappa shape index (κ2) is 7.68. The van der Waals surface area contributed by atoms with Gasteiger partial charge in [0.2, 0.25) is 0 Å². The molecule has 0 atom stereocenters. The summed E-state index contributed by atoms with van der Waals surface area (Å²) in [6, 6.07) is 9.78. The van der Waals surface area contributed by atoms with E-state index in [-0.39, 0.29) is 5.91 Å². The number of thioether (sulfide) groups is 1. The molecule has 1 fully saturated rings. The van der Waals surface area contributed by atoms with Crippen LogP contribution < -0.4 is 9.47 Å². The van der Waals surface area contributed by atoms with Crippen molar-refractivity contribution in [2.45, 2.75) is 13.8 Å². The third-order valence-electron chi connectivity index (χ3n) is 4.15. The molecule has 0 bridgehead atoms. The van der Waals surface area contributed by atoms with Gasteiger partial charge in [0, 0.05) is 12.1 Å². The Hall–Kier alpha value is -2.05. The Labute approximate surface area is 163 Å². The van der Waals surface area contributed by atoms with Gasteiger partial charge in [-0.15, -0.1) is 0 Å². The standard InChI is InChI=1S/C20H21NO3S2/c1-12(2)11-21-19(22)18(26-20(21)25)10-16-15-9-14(23-3)7-5-13(15)6-8-17(16)24-4/h5-10,12H,11H2,1-4H3/b18-10-. The molecule has 0 aromatic heterocycles. The maximum absolute atomic E-state index is 12.8. The van der Waals surface area contributed by atoms with Gasteiger partial charge in [-0.05, 0) is 41.0 Å². The molecule has 0 unspecified atom stereocenters. The molecule has 26 heavy (non-hydrogen) atoms. The van der Waals surface area contributed by atoms with E-state index in [4.69, 9.17) is 21.7 Å². The van der Waals surface area contributed by atoms with E-state index in [9.17, 15) is 4.79 Å². The minimum Gasteiger partial charge on any atom is -0.497 e. The van der Waals surface area contributed by atoms with Crippen LogP contribution in [0.4, 0.5) is 0 Å². The molecule has 0 radical (unpaired) electrons. The fraction of sp³-hybridized carbons (Fsp3) is 0.300. The number of amides is 1. The van der Waals surface area contributed by atoms with Gasteiger partial charge in [-0.3, -0.25) is 9.69 Å². The summed E-state index contributed by atoms with van der Waals surface area (Å²) in [6.45, 7) is 4.77. The number of methoxy groups -OCH3 is 2. The van der Waals surface area contributed by atoms with Crippen molar-refractivity contribution >= 4 is 51.1 Å². The van der Waals surface area contributed by atoms with Gasteiger partial charge in [-0.25, -0.2) is 0 Å². The van der Waals surface area contributed by atoms with Gasteiger partial charge in [0.15, 0.2) is 0 Å². The quantitative estimate of drug-likeness (QED) is 0.549. The van der Waals surface area contributed by atoms with Crippen LogP contribution in [0.2, 0.25) is 0 Å². The van der Waals surface area contributed by atoms with Gasteiger partial charge in [-0.1, -0.05) is 50.0 Å². The van der Waals surface area contributed by atoms with Crippen molar-refractivity contribution in [1.82, 2.24) is 4.90 Å². The first-order valence-corrected chi connectivity index (χ1v) is 9.57. The number of fused-ring (bicyclic) bond motifs is 1. The molecule has 1 aliphatic heterocycles. The van der Waals surface area contributed by atoms with E-state index in [0.717, 1.165) is 22.1 Å². The molecule has 1 amide bonds. The molecule has 1 aliphatic rings. The molecule has 1 heterocycles. The number of carbonyl (C=O) groups is 1. The van der Waals surface area contributed by atoms with E-state index in [1.165, 1.54) is 11.8 Å². The van der Waals surface area contributed by atoms with Gasteiger partial charge >= 0.3 is 0 Å². The summed E-state index contributed by atoms with van der Waals surface area (Å²) < 4.78 is 11.5. The first-order chi connectivity index (χ1) is 12.4. The summed E-state index contributed by atoms with van der Waals surface area (Å²) in [6.07, 6.45) is 1.88. The largest absolute Gasteiger partial charge is 0.497 e. The Balaban J connectivity index is 2.11. The maximum Gasteiger partial charge on any atom is 0.266 e. The molecule has 0 aliphatic carbocycles. The average Bonchev–Trinajstić information content (AvgIpc) is 2.88. The zero-order valence-electron chi connectivity index (χ0n) is 15.2. The van der Waals surface area contributed by atoms with Crippen LogP contribution in [0.3, 0.4) is 0 Å². The lowest BCUT2D eigenvalue weighted by molar-refractivity contribution is -0.122. The van der Waals surface area contributed by atoms with Crippen molar-refractivity contribution in [1.29, 1.82) is 0 Å². The van der Waals surface area contributed by atoms with Gasteiger partial charge in [0.1, 0.15) is 15.8 Å². The SMILES string of the molecule is COc1ccc2ccc(OC)c(/C=C3\SC(=S)N(CC(C)C)C3=O)c2c1. The van der Waals surface area contributed by atoms with Crippen LogP contribution >= 0.6 is 24.0 Å². The van der Waals surface area contributed by atoms with Crippen molar-refractivity contribution in [3.05, 3.63) is 40.8 Å². The number of rotatable bonds is 5. The third-order valence-corrected chi connectivity index (χ3v) is 5.52. The Kier molecular flexibility index (Phi) is 5.53. The molecule has 0 spiro atoms. The van der Waals surface area contributed by atoms with E-state index in [2.05, 4.69) is 13.8 Å². The molecule has 3 rings (SSSR count). The van der Waals surface area contributed by atoms with Crippen molar-refractivity contribution in [3.63, 3.8) is 0 Å². The van der Waals surface area contributed by atoms with E-state index in [1.807, 2.05) is 36.4 Å². The Morgan fingerprint density at radius 1 is 1.19 bits per heavy atom. The van der Waals surface area contributed by atoms with Gasteiger partial charge < -0.3 is 9.47 Å². The van der Waals surface area contributed by atoms with Crippen LogP contribution in [0, 0.1) is 5.92 Å². The Morgan fingerprint density at radius 2 is 1.92 bits per heavy atom. The summed E-state index contributed by atoms with van der Waals surface area (Å²) in [7, 11) is 3.26. The number of nitrogens with zero attached hydrogens (tertiary/aromatic N) is 1. The molecule has 4 nitrogen and oxygen atoms in total. The highest BCUT2D eigenvalue weighted by Gasteiger charge is 2.32. The topological polar surface area (TPSA) is 38.8 Å². The van der Waals surface area contributed by atoms with Gasteiger partial charge in [0.25, 0.3) is 5.91 Å². The van der Waals surface area contributed by atoms with Gasteiger partial charge in [-0.2, -0.15) is 0 Å². The van der Waals surface area contributed by atoms with E-state index >= 15 is 0 Å². The van der Waals surface area contributed by atoms with Crippen LogP contribution in [0.25, 0.3) is 16.8 Å². The van der Waals surface area contributed by atoms with E-state index < -0.39 is 0 Å². The summed E-state index contributed by atoms with van der Waals surface area (Å²) in [4.78, 5) is 15.1. The smallest absolute Gasteiger partial charge is 0.266 e. The zero-order chi connectivity index (χ0) is 18.8. The molecule has 136 valence electrons. The predicted octanol–water partition coefficient (Wildman–Crippen LogP) is 4.71. The number of carbonyl (C=O) groups excluding carboxylic acids is 1. The average molecular weight is 388 g/mol. The fourth-order valence-electron chi connectivity index (χ4n) is 2.91. The first-order valence-electron chi connectivity index (χ1n) is 8.34. The van der Waals surface area contributed by atoms with Crippen LogP contribution in [-0.2, 0) is 4.79 Å². The lowest BCUT2D eigenvalue weighted by Crippen LogP contribution is -2.31. The van der Waals surface area contributed by atoms with Gasteiger partial charge in [0.05, 0.1) is 19.1 Å². The lowest BCUT2D eigenvalue weighted by atomic mass is 10.0.